The highest BCUT2D eigenvalue weighted by molar-refractivity contribution is 6.14. The summed E-state index contributed by atoms with van der Waals surface area (Å²) >= 11 is 0. The quantitative estimate of drug-likeness (QED) is 0.203. The number of furan rings is 2. The molecule has 4 nitrogen and oxygen atoms in total. The summed E-state index contributed by atoms with van der Waals surface area (Å²) in [4.78, 5) is 0. The summed E-state index contributed by atoms with van der Waals surface area (Å²) < 4.78 is 15.0. The summed E-state index contributed by atoms with van der Waals surface area (Å²) in [7, 11) is 0. The van der Waals surface area contributed by atoms with Crippen molar-refractivity contribution in [1.29, 1.82) is 5.26 Å². The van der Waals surface area contributed by atoms with Gasteiger partial charge >= 0.3 is 0 Å². The van der Waals surface area contributed by atoms with Crippen molar-refractivity contribution < 1.29 is 8.83 Å². The van der Waals surface area contributed by atoms with Gasteiger partial charge in [-0.05, 0) is 76.9 Å². The van der Waals surface area contributed by atoms with E-state index in [0.29, 0.717) is 11.1 Å². The van der Waals surface area contributed by atoms with Crippen LogP contribution >= 0.6 is 0 Å². The Labute approximate surface area is 268 Å². The molecule has 0 radical (unpaired) electrons. The van der Waals surface area contributed by atoms with Crippen LogP contribution in [0.5, 0.6) is 0 Å². The number of para-hydroxylation sites is 3. The van der Waals surface area contributed by atoms with Crippen molar-refractivity contribution >= 4 is 65.7 Å². The Hall–Kier alpha value is -6.57. The Morgan fingerprint density at radius 3 is 2.00 bits per heavy atom. The van der Waals surface area contributed by atoms with Gasteiger partial charge in [-0.15, -0.1) is 0 Å². The maximum Gasteiger partial charge on any atom is 0.159 e. The monoisotopic (exact) mass is 600 g/mol. The van der Waals surface area contributed by atoms with Crippen LogP contribution in [-0.4, -0.2) is 4.57 Å². The summed E-state index contributed by atoms with van der Waals surface area (Å²) in [5.74, 6) is 0. The van der Waals surface area contributed by atoms with Gasteiger partial charge in [0.05, 0.1) is 22.3 Å². The molecule has 0 fully saturated rings. The van der Waals surface area contributed by atoms with Crippen molar-refractivity contribution in [2.75, 3.05) is 0 Å². The SMILES string of the molecule is N#Cc1cc(-c2ccc3oc4ccccc4c3c2)cc2c1oc1c(-n3c4ccccc4c4cc(-c5ccccc5)ccc43)cccc12. The van der Waals surface area contributed by atoms with Crippen molar-refractivity contribution in [3.05, 3.63) is 151 Å². The Morgan fingerprint density at radius 1 is 0.426 bits per heavy atom. The summed E-state index contributed by atoms with van der Waals surface area (Å²) in [5.41, 5.74) is 11.0. The minimum absolute atomic E-state index is 0.506. The average molecular weight is 601 g/mol. The van der Waals surface area contributed by atoms with E-state index in [2.05, 4.69) is 120 Å². The van der Waals surface area contributed by atoms with E-state index in [0.717, 1.165) is 66.1 Å². The van der Waals surface area contributed by atoms with Gasteiger partial charge in [-0.25, -0.2) is 0 Å². The first-order valence-electron chi connectivity index (χ1n) is 15.7. The molecule has 0 bridgehead atoms. The van der Waals surface area contributed by atoms with Gasteiger partial charge in [0, 0.05) is 32.3 Å². The molecular weight excluding hydrogens is 576 g/mol. The molecule has 7 aromatic carbocycles. The van der Waals surface area contributed by atoms with Gasteiger partial charge in [0.1, 0.15) is 17.2 Å². The van der Waals surface area contributed by atoms with E-state index < -0.39 is 0 Å². The zero-order chi connectivity index (χ0) is 31.1. The van der Waals surface area contributed by atoms with Gasteiger partial charge in [0.25, 0.3) is 0 Å². The van der Waals surface area contributed by atoms with Gasteiger partial charge in [-0.1, -0.05) is 91.0 Å². The van der Waals surface area contributed by atoms with Crippen LogP contribution in [0.1, 0.15) is 5.56 Å². The van der Waals surface area contributed by atoms with Gasteiger partial charge in [-0.2, -0.15) is 5.26 Å². The number of hydrogen-bond donors (Lipinski definition) is 0. The maximum absolute atomic E-state index is 10.3. The van der Waals surface area contributed by atoms with Gasteiger partial charge in [0.2, 0.25) is 0 Å². The minimum atomic E-state index is 0.506. The third-order valence-electron chi connectivity index (χ3n) is 9.43. The fourth-order valence-electron chi connectivity index (χ4n) is 7.26. The predicted molar refractivity (Wildman–Crippen MR) is 191 cm³/mol. The summed E-state index contributed by atoms with van der Waals surface area (Å²) in [6.07, 6.45) is 0. The van der Waals surface area contributed by atoms with Crippen LogP contribution in [0.25, 0.3) is 93.6 Å². The molecule has 0 saturated heterocycles. The molecule has 0 aliphatic heterocycles. The molecule has 218 valence electrons. The fraction of sp³-hybridized carbons (Fsp3) is 0. The van der Waals surface area contributed by atoms with Crippen LogP contribution in [0.2, 0.25) is 0 Å². The number of aromatic nitrogens is 1. The topological polar surface area (TPSA) is 55.0 Å². The first kappa shape index (κ1) is 25.7. The van der Waals surface area contributed by atoms with Crippen LogP contribution in [0.3, 0.4) is 0 Å². The highest BCUT2D eigenvalue weighted by Gasteiger charge is 2.20. The van der Waals surface area contributed by atoms with Crippen molar-refractivity contribution in [1.82, 2.24) is 4.57 Å². The van der Waals surface area contributed by atoms with Crippen LogP contribution in [0, 0.1) is 11.3 Å². The molecule has 0 amide bonds. The highest BCUT2D eigenvalue weighted by Crippen LogP contribution is 2.41. The van der Waals surface area contributed by atoms with Gasteiger partial charge < -0.3 is 13.4 Å². The lowest BCUT2D eigenvalue weighted by Gasteiger charge is -2.09. The van der Waals surface area contributed by atoms with E-state index in [-0.39, 0.29) is 0 Å². The van der Waals surface area contributed by atoms with Crippen LogP contribution in [0.4, 0.5) is 0 Å². The molecule has 0 N–H and O–H groups in total. The molecule has 0 saturated carbocycles. The van der Waals surface area contributed by atoms with Crippen LogP contribution < -0.4 is 0 Å². The number of nitriles is 1. The second-order valence-corrected chi connectivity index (χ2v) is 12.0. The van der Waals surface area contributed by atoms with Crippen molar-refractivity contribution in [3.8, 4) is 34.0 Å². The average Bonchev–Trinajstić information content (AvgIpc) is 3.80. The molecule has 0 unspecified atom stereocenters. The van der Waals surface area contributed by atoms with E-state index in [9.17, 15) is 5.26 Å². The second kappa shape index (κ2) is 9.71. The molecule has 0 spiro atoms. The van der Waals surface area contributed by atoms with E-state index >= 15 is 0 Å². The molecule has 0 atom stereocenters. The molecule has 0 aliphatic rings. The standard InChI is InChI=1S/C43H24N2O2/c44-25-30-21-29(28-18-20-41-35(23-28)32-12-5-7-16-40(32)46-41)24-36-33-13-8-15-39(43(33)47-42(30)36)45-37-14-6-4-11-31(37)34-22-27(17-19-38(34)45)26-9-2-1-3-10-26/h1-24H. The third-order valence-corrected chi connectivity index (χ3v) is 9.43. The normalized spacial score (nSPS) is 11.8. The highest BCUT2D eigenvalue weighted by atomic mass is 16.3. The lowest BCUT2D eigenvalue weighted by atomic mass is 9.98. The molecule has 10 aromatic rings. The van der Waals surface area contributed by atoms with Crippen molar-refractivity contribution in [2.45, 2.75) is 0 Å². The molecule has 3 aromatic heterocycles. The summed E-state index contributed by atoms with van der Waals surface area (Å²) in [6.45, 7) is 0. The number of rotatable bonds is 3. The number of nitrogens with zero attached hydrogens (tertiary/aromatic N) is 2. The molecule has 4 heteroatoms. The molecular formula is C43H24N2O2. The predicted octanol–water partition coefficient (Wildman–Crippen LogP) is 11.8. The van der Waals surface area contributed by atoms with E-state index in [1.807, 2.05) is 36.4 Å². The molecule has 0 aliphatic carbocycles. The first-order chi connectivity index (χ1) is 23.2. The number of benzene rings is 7. The Balaban J connectivity index is 1.21. The summed E-state index contributed by atoms with van der Waals surface area (Å²) in [6, 6.07) is 52.7. The van der Waals surface area contributed by atoms with E-state index in [1.54, 1.807) is 0 Å². The maximum atomic E-state index is 10.3. The van der Waals surface area contributed by atoms with Crippen LogP contribution in [-0.2, 0) is 0 Å². The van der Waals surface area contributed by atoms with E-state index in [1.165, 1.54) is 21.9 Å². The van der Waals surface area contributed by atoms with Crippen LogP contribution in [0.15, 0.2) is 154 Å². The molecule has 3 heterocycles. The summed E-state index contributed by atoms with van der Waals surface area (Å²) in [5, 5.41) is 16.7. The molecule has 10 rings (SSSR count). The number of hydrogen-bond acceptors (Lipinski definition) is 3. The van der Waals surface area contributed by atoms with Crippen molar-refractivity contribution in [3.63, 3.8) is 0 Å². The van der Waals surface area contributed by atoms with Gasteiger partial charge in [0.15, 0.2) is 11.2 Å². The second-order valence-electron chi connectivity index (χ2n) is 12.0. The minimum Gasteiger partial charge on any atom is -0.456 e. The zero-order valence-corrected chi connectivity index (χ0v) is 25.1. The lowest BCUT2D eigenvalue weighted by molar-refractivity contribution is 0.665. The van der Waals surface area contributed by atoms with Crippen molar-refractivity contribution in [2.24, 2.45) is 0 Å². The fourth-order valence-corrected chi connectivity index (χ4v) is 7.26. The zero-order valence-electron chi connectivity index (χ0n) is 25.1. The third kappa shape index (κ3) is 3.75. The molecule has 47 heavy (non-hydrogen) atoms. The Morgan fingerprint density at radius 2 is 1.11 bits per heavy atom. The first-order valence-corrected chi connectivity index (χ1v) is 15.7. The largest absolute Gasteiger partial charge is 0.456 e. The van der Waals surface area contributed by atoms with E-state index in [4.69, 9.17) is 8.83 Å². The lowest BCUT2D eigenvalue weighted by Crippen LogP contribution is -1.94. The van der Waals surface area contributed by atoms with Gasteiger partial charge in [-0.3, -0.25) is 0 Å². The Kier molecular flexibility index (Phi) is 5.32. The number of fused-ring (bicyclic) bond motifs is 9. The Bertz CT molecular complexity index is 2920. The smallest absolute Gasteiger partial charge is 0.159 e.